The molecule has 0 aliphatic heterocycles. The van der Waals surface area contributed by atoms with Gasteiger partial charge in [0.05, 0.1) is 5.75 Å². The van der Waals surface area contributed by atoms with Crippen molar-refractivity contribution in [1.29, 1.82) is 0 Å². The largest absolute Gasteiger partial charge is 0.489 e. The minimum Gasteiger partial charge on any atom is -0.489 e. The van der Waals surface area contributed by atoms with Gasteiger partial charge in [-0.15, -0.1) is 0 Å². The van der Waals surface area contributed by atoms with Crippen molar-refractivity contribution in [3.63, 3.8) is 0 Å². The number of ether oxygens (including phenoxy) is 1. The summed E-state index contributed by atoms with van der Waals surface area (Å²) in [6.45, 7) is 0.456. The molecule has 0 atom stereocenters. The number of carbonyl (C=O) groups excluding carboxylic acids is 1. The monoisotopic (exact) mass is 396 g/mol. The Bertz CT molecular complexity index is 1030. The molecule has 0 aliphatic carbocycles. The SMILES string of the molecule is NS(=O)(=O)Cc1ccc(NC(=O)c2ccc(OCc3ccccc3)cc2)cc1. The van der Waals surface area contributed by atoms with Crippen LogP contribution in [0.2, 0.25) is 0 Å². The maximum Gasteiger partial charge on any atom is 0.255 e. The van der Waals surface area contributed by atoms with Crippen molar-refractivity contribution < 1.29 is 17.9 Å². The third-order valence-electron chi connectivity index (χ3n) is 3.94. The summed E-state index contributed by atoms with van der Waals surface area (Å²) in [5.41, 5.74) is 2.67. The first-order chi connectivity index (χ1) is 13.4. The van der Waals surface area contributed by atoms with Crippen LogP contribution in [-0.4, -0.2) is 14.3 Å². The van der Waals surface area contributed by atoms with Gasteiger partial charge in [-0.3, -0.25) is 4.79 Å². The van der Waals surface area contributed by atoms with E-state index in [1.165, 1.54) is 0 Å². The molecule has 0 spiro atoms. The zero-order valence-electron chi connectivity index (χ0n) is 15.0. The lowest BCUT2D eigenvalue weighted by Gasteiger charge is -2.09. The van der Waals surface area contributed by atoms with E-state index in [0.717, 1.165) is 5.56 Å². The van der Waals surface area contributed by atoms with Crippen molar-refractivity contribution in [2.75, 3.05) is 5.32 Å². The number of hydrogen-bond donors (Lipinski definition) is 2. The van der Waals surface area contributed by atoms with Gasteiger partial charge in [-0.05, 0) is 47.5 Å². The van der Waals surface area contributed by atoms with E-state index in [0.29, 0.717) is 29.2 Å². The fraction of sp³-hybridized carbons (Fsp3) is 0.0952. The smallest absolute Gasteiger partial charge is 0.255 e. The van der Waals surface area contributed by atoms with Crippen molar-refractivity contribution in [2.24, 2.45) is 5.14 Å². The molecule has 3 aromatic carbocycles. The first kappa shape index (κ1) is 19.6. The first-order valence-corrected chi connectivity index (χ1v) is 10.3. The maximum atomic E-state index is 12.4. The van der Waals surface area contributed by atoms with Crippen LogP contribution in [0.4, 0.5) is 5.69 Å². The number of anilines is 1. The Labute approximate surface area is 164 Å². The van der Waals surface area contributed by atoms with E-state index >= 15 is 0 Å². The van der Waals surface area contributed by atoms with Gasteiger partial charge < -0.3 is 10.1 Å². The lowest BCUT2D eigenvalue weighted by Crippen LogP contribution is -2.15. The molecule has 0 bridgehead atoms. The molecule has 0 heterocycles. The molecule has 3 N–H and O–H groups in total. The summed E-state index contributed by atoms with van der Waals surface area (Å²) in [5, 5.41) is 7.79. The lowest BCUT2D eigenvalue weighted by molar-refractivity contribution is 0.102. The minimum absolute atomic E-state index is 0.244. The molecule has 1 amide bonds. The zero-order chi connectivity index (χ0) is 20.0. The van der Waals surface area contributed by atoms with Crippen molar-refractivity contribution in [1.82, 2.24) is 0 Å². The average Bonchev–Trinajstić information content (AvgIpc) is 2.68. The Kier molecular flexibility index (Phi) is 6.08. The van der Waals surface area contributed by atoms with Gasteiger partial charge in [0.15, 0.2) is 0 Å². The highest BCUT2D eigenvalue weighted by Gasteiger charge is 2.08. The van der Waals surface area contributed by atoms with Crippen LogP contribution in [0, 0.1) is 0 Å². The van der Waals surface area contributed by atoms with Crippen molar-refractivity contribution in [3.05, 3.63) is 95.6 Å². The van der Waals surface area contributed by atoms with Crippen molar-refractivity contribution in [2.45, 2.75) is 12.4 Å². The molecule has 0 saturated heterocycles. The molecular formula is C21H20N2O4S. The summed E-state index contributed by atoms with van der Waals surface area (Å²) in [6.07, 6.45) is 0. The fourth-order valence-corrected chi connectivity index (χ4v) is 3.22. The van der Waals surface area contributed by atoms with Crippen LogP contribution in [0.25, 0.3) is 0 Å². The Morgan fingerprint density at radius 3 is 2.11 bits per heavy atom. The minimum atomic E-state index is -3.58. The molecule has 6 nitrogen and oxygen atoms in total. The Balaban J connectivity index is 1.57. The number of benzene rings is 3. The van der Waals surface area contributed by atoms with E-state index in [1.807, 2.05) is 30.3 Å². The molecule has 0 fully saturated rings. The number of rotatable bonds is 7. The average molecular weight is 396 g/mol. The molecule has 0 radical (unpaired) electrons. The van der Waals surface area contributed by atoms with Gasteiger partial charge in [-0.25, -0.2) is 13.6 Å². The van der Waals surface area contributed by atoms with Crippen LogP contribution in [0.3, 0.4) is 0 Å². The summed E-state index contributed by atoms with van der Waals surface area (Å²) >= 11 is 0. The first-order valence-electron chi connectivity index (χ1n) is 8.57. The van der Waals surface area contributed by atoms with Crippen LogP contribution >= 0.6 is 0 Å². The zero-order valence-corrected chi connectivity index (χ0v) is 15.9. The predicted octanol–water partition coefficient (Wildman–Crippen LogP) is 3.31. The number of nitrogens with one attached hydrogen (secondary N) is 1. The molecule has 3 rings (SSSR count). The topological polar surface area (TPSA) is 98.5 Å². The van der Waals surface area contributed by atoms with Gasteiger partial charge in [0, 0.05) is 11.3 Å². The van der Waals surface area contributed by atoms with Gasteiger partial charge >= 0.3 is 0 Å². The summed E-state index contributed by atoms with van der Waals surface area (Å²) < 4.78 is 27.9. The standard InChI is InChI=1S/C21H20N2O4S/c22-28(25,26)15-17-6-10-19(11-7-17)23-21(24)18-8-12-20(13-9-18)27-14-16-4-2-1-3-5-16/h1-13H,14-15H2,(H,23,24)(H2,22,25,26). The van der Waals surface area contributed by atoms with Crippen molar-refractivity contribution >= 4 is 21.6 Å². The third kappa shape index (κ3) is 5.94. The van der Waals surface area contributed by atoms with Gasteiger partial charge in [-0.2, -0.15) is 0 Å². The molecular weight excluding hydrogens is 376 g/mol. The second-order valence-corrected chi connectivity index (χ2v) is 7.87. The van der Waals surface area contributed by atoms with Crippen LogP contribution < -0.4 is 15.2 Å². The van der Waals surface area contributed by atoms with E-state index in [1.54, 1.807) is 48.5 Å². The van der Waals surface area contributed by atoms with Gasteiger partial charge in [-0.1, -0.05) is 42.5 Å². The molecule has 0 aliphatic rings. The summed E-state index contributed by atoms with van der Waals surface area (Å²) in [6, 6.07) is 23.2. The summed E-state index contributed by atoms with van der Waals surface area (Å²) in [7, 11) is -3.58. The molecule has 3 aromatic rings. The molecule has 28 heavy (non-hydrogen) atoms. The van der Waals surface area contributed by atoms with Crippen molar-refractivity contribution in [3.8, 4) is 5.75 Å². The number of hydrogen-bond acceptors (Lipinski definition) is 4. The quantitative estimate of drug-likeness (QED) is 0.640. The molecule has 144 valence electrons. The second-order valence-electron chi connectivity index (χ2n) is 6.26. The lowest BCUT2D eigenvalue weighted by atomic mass is 10.2. The highest BCUT2D eigenvalue weighted by Crippen LogP contribution is 2.16. The highest BCUT2D eigenvalue weighted by molar-refractivity contribution is 7.88. The number of nitrogens with two attached hydrogens (primary N) is 1. The van der Waals surface area contributed by atoms with Crippen LogP contribution in [-0.2, 0) is 22.4 Å². The van der Waals surface area contributed by atoms with Crippen LogP contribution in [0.15, 0.2) is 78.9 Å². The number of carbonyl (C=O) groups is 1. The van der Waals surface area contributed by atoms with E-state index in [9.17, 15) is 13.2 Å². The second kappa shape index (κ2) is 8.69. The Hall–Kier alpha value is -3.16. The Morgan fingerprint density at radius 2 is 1.50 bits per heavy atom. The molecule has 0 aromatic heterocycles. The number of primary sulfonamides is 1. The van der Waals surface area contributed by atoms with E-state index in [4.69, 9.17) is 9.88 Å². The predicted molar refractivity (Wildman–Crippen MR) is 108 cm³/mol. The van der Waals surface area contributed by atoms with Crippen LogP contribution in [0.1, 0.15) is 21.5 Å². The van der Waals surface area contributed by atoms with E-state index in [-0.39, 0.29) is 11.7 Å². The Morgan fingerprint density at radius 1 is 0.857 bits per heavy atom. The highest BCUT2D eigenvalue weighted by atomic mass is 32.2. The van der Waals surface area contributed by atoms with Gasteiger partial charge in [0.1, 0.15) is 12.4 Å². The molecule has 0 unspecified atom stereocenters. The number of sulfonamides is 1. The normalized spacial score (nSPS) is 11.0. The molecule has 7 heteroatoms. The van der Waals surface area contributed by atoms with Crippen LogP contribution in [0.5, 0.6) is 5.75 Å². The van der Waals surface area contributed by atoms with Gasteiger partial charge in [0.25, 0.3) is 5.91 Å². The van der Waals surface area contributed by atoms with E-state index in [2.05, 4.69) is 5.32 Å². The van der Waals surface area contributed by atoms with Gasteiger partial charge in [0.2, 0.25) is 10.0 Å². The maximum absolute atomic E-state index is 12.4. The van der Waals surface area contributed by atoms with E-state index < -0.39 is 10.0 Å². The summed E-state index contributed by atoms with van der Waals surface area (Å²) in [4.78, 5) is 12.4. The summed E-state index contributed by atoms with van der Waals surface area (Å²) in [5.74, 6) is 0.160. The fourth-order valence-electron chi connectivity index (χ4n) is 2.56. The number of amides is 1. The third-order valence-corrected chi connectivity index (χ3v) is 4.68. The molecule has 0 saturated carbocycles.